The summed E-state index contributed by atoms with van der Waals surface area (Å²) in [6, 6.07) is 12.8. The number of para-hydroxylation sites is 1. The van der Waals surface area contributed by atoms with E-state index in [9.17, 15) is 0 Å². The molecule has 0 aliphatic rings. The Morgan fingerprint density at radius 2 is 1.83 bits per heavy atom. The average Bonchev–Trinajstić information content (AvgIpc) is 2.66. The second kappa shape index (κ2) is 5.87. The van der Waals surface area contributed by atoms with Gasteiger partial charge in [-0.2, -0.15) is 0 Å². The molecule has 1 aromatic carbocycles. The van der Waals surface area contributed by atoms with Crippen LogP contribution in [0.2, 0.25) is 0 Å². The highest BCUT2D eigenvalue weighted by molar-refractivity contribution is 5.40. The fourth-order valence-corrected chi connectivity index (χ4v) is 2.38. The van der Waals surface area contributed by atoms with Gasteiger partial charge >= 0.3 is 0 Å². The first-order chi connectivity index (χ1) is 8.74. The zero-order valence-corrected chi connectivity index (χ0v) is 11.5. The van der Waals surface area contributed by atoms with Crippen molar-refractivity contribution in [3.05, 3.63) is 53.3 Å². The minimum absolute atomic E-state index is 0.959. The number of hydrogen-bond donors (Lipinski definition) is 1. The van der Waals surface area contributed by atoms with Gasteiger partial charge in [0.05, 0.1) is 0 Å². The van der Waals surface area contributed by atoms with Crippen molar-refractivity contribution in [3.8, 4) is 5.69 Å². The molecular formula is C16H22N2. The molecule has 0 aliphatic carbocycles. The largest absolute Gasteiger partial charge is 0.318 e. The van der Waals surface area contributed by atoms with Crippen molar-refractivity contribution in [2.24, 2.45) is 0 Å². The number of benzene rings is 1. The standard InChI is InChI=1S/C16H22N2/c1-4-10-17-12-15-11-13(2)18(14(15)3)16-8-6-5-7-9-16/h5-9,11,17H,4,10,12H2,1-3H3. The van der Waals surface area contributed by atoms with Gasteiger partial charge in [0, 0.05) is 23.6 Å². The molecule has 0 spiro atoms. The number of nitrogens with one attached hydrogen (secondary N) is 1. The van der Waals surface area contributed by atoms with Crippen LogP contribution in [0.1, 0.15) is 30.3 Å². The van der Waals surface area contributed by atoms with E-state index < -0.39 is 0 Å². The molecule has 0 unspecified atom stereocenters. The highest BCUT2D eigenvalue weighted by Gasteiger charge is 2.09. The van der Waals surface area contributed by atoms with Crippen molar-refractivity contribution >= 4 is 0 Å². The van der Waals surface area contributed by atoms with E-state index in [4.69, 9.17) is 0 Å². The van der Waals surface area contributed by atoms with E-state index in [2.05, 4.69) is 67.1 Å². The molecule has 0 saturated heterocycles. The molecule has 1 aromatic heterocycles. The smallest absolute Gasteiger partial charge is 0.0455 e. The maximum absolute atomic E-state index is 3.47. The van der Waals surface area contributed by atoms with Gasteiger partial charge in [0.15, 0.2) is 0 Å². The number of nitrogens with zero attached hydrogens (tertiary/aromatic N) is 1. The van der Waals surface area contributed by atoms with Gasteiger partial charge in [-0.1, -0.05) is 25.1 Å². The fraction of sp³-hybridized carbons (Fsp3) is 0.375. The molecule has 0 radical (unpaired) electrons. The summed E-state index contributed by atoms with van der Waals surface area (Å²) >= 11 is 0. The molecule has 1 heterocycles. The maximum atomic E-state index is 3.47. The van der Waals surface area contributed by atoms with Crippen LogP contribution in [0.5, 0.6) is 0 Å². The van der Waals surface area contributed by atoms with E-state index >= 15 is 0 Å². The van der Waals surface area contributed by atoms with E-state index in [0.717, 1.165) is 13.1 Å². The van der Waals surface area contributed by atoms with E-state index in [-0.39, 0.29) is 0 Å². The molecular weight excluding hydrogens is 220 g/mol. The molecule has 0 amide bonds. The third-order valence-electron chi connectivity index (χ3n) is 3.29. The van der Waals surface area contributed by atoms with Gasteiger partial charge in [0.2, 0.25) is 0 Å². The van der Waals surface area contributed by atoms with E-state index in [0.29, 0.717) is 0 Å². The van der Waals surface area contributed by atoms with Crippen LogP contribution in [-0.2, 0) is 6.54 Å². The SMILES string of the molecule is CCCNCc1cc(C)n(-c2ccccc2)c1C. The summed E-state index contributed by atoms with van der Waals surface area (Å²) in [6.07, 6.45) is 1.18. The van der Waals surface area contributed by atoms with Crippen molar-refractivity contribution < 1.29 is 0 Å². The van der Waals surface area contributed by atoms with Crippen LogP contribution in [0.25, 0.3) is 5.69 Å². The Balaban J connectivity index is 2.27. The van der Waals surface area contributed by atoms with Crippen LogP contribution in [-0.4, -0.2) is 11.1 Å². The number of hydrogen-bond acceptors (Lipinski definition) is 1. The van der Waals surface area contributed by atoms with Crippen molar-refractivity contribution in [3.63, 3.8) is 0 Å². The summed E-state index contributed by atoms with van der Waals surface area (Å²) in [5.41, 5.74) is 5.27. The Kier molecular flexibility index (Phi) is 4.21. The highest BCUT2D eigenvalue weighted by atomic mass is 15.0. The van der Waals surface area contributed by atoms with Gasteiger partial charge in [-0.05, 0) is 50.6 Å². The Morgan fingerprint density at radius 3 is 2.50 bits per heavy atom. The van der Waals surface area contributed by atoms with Crippen LogP contribution in [0.15, 0.2) is 36.4 Å². The Morgan fingerprint density at radius 1 is 1.11 bits per heavy atom. The summed E-state index contributed by atoms with van der Waals surface area (Å²) in [7, 11) is 0. The molecule has 1 N–H and O–H groups in total. The Labute approximate surface area is 110 Å². The minimum atomic E-state index is 0.959. The lowest BCUT2D eigenvalue weighted by molar-refractivity contribution is 0.672. The predicted octanol–water partition coefficient (Wildman–Crippen LogP) is 3.59. The van der Waals surface area contributed by atoms with Gasteiger partial charge in [0.1, 0.15) is 0 Å². The summed E-state index contributed by atoms with van der Waals surface area (Å²) < 4.78 is 2.32. The Bertz CT molecular complexity index is 497. The van der Waals surface area contributed by atoms with E-state index in [1.807, 2.05) is 0 Å². The molecule has 0 bridgehead atoms. The Hall–Kier alpha value is -1.54. The molecule has 96 valence electrons. The molecule has 2 rings (SSSR count). The van der Waals surface area contributed by atoms with E-state index in [1.165, 1.54) is 29.1 Å². The van der Waals surface area contributed by atoms with Gasteiger partial charge in [-0.15, -0.1) is 0 Å². The first kappa shape index (κ1) is 12.9. The summed E-state index contributed by atoms with van der Waals surface area (Å²) in [6.45, 7) is 8.60. The lowest BCUT2D eigenvalue weighted by Crippen LogP contribution is -2.14. The second-order valence-electron chi connectivity index (χ2n) is 4.74. The minimum Gasteiger partial charge on any atom is -0.318 e. The van der Waals surface area contributed by atoms with Crippen molar-refractivity contribution in [1.29, 1.82) is 0 Å². The maximum Gasteiger partial charge on any atom is 0.0455 e. The third-order valence-corrected chi connectivity index (χ3v) is 3.29. The van der Waals surface area contributed by atoms with Gasteiger partial charge < -0.3 is 9.88 Å². The molecule has 2 heteroatoms. The lowest BCUT2D eigenvalue weighted by atomic mass is 10.2. The lowest BCUT2D eigenvalue weighted by Gasteiger charge is -2.10. The summed E-state index contributed by atoms with van der Waals surface area (Å²) in [5.74, 6) is 0. The van der Waals surface area contributed by atoms with Gasteiger partial charge in [0.25, 0.3) is 0 Å². The molecule has 0 atom stereocenters. The summed E-state index contributed by atoms with van der Waals surface area (Å²) in [5, 5.41) is 3.47. The molecule has 0 aliphatic heterocycles. The van der Waals surface area contributed by atoms with E-state index in [1.54, 1.807) is 0 Å². The van der Waals surface area contributed by atoms with Crippen LogP contribution in [0.4, 0.5) is 0 Å². The van der Waals surface area contributed by atoms with Crippen LogP contribution >= 0.6 is 0 Å². The molecule has 18 heavy (non-hydrogen) atoms. The number of rotatable bonds is 5. The average molecular weight is 242 g/mol. The first-order valence-corrected chi connectivity index (χ1v) is 6.68. The van der Waals surface area contributed by atoms with Crippen molar-refractivity contribution in [1.82, 2.24) is 9.88 Å². The van der Waals surface area contributed by atoms with Crippen LogP contribution < -0.4 is 5.32 Å². The zero-order chi connectivity index (χ0) is 13.0. The van der Waals surface area contributed by atoms with Crippen LogP contribution in [0, 0.1) is 13.8 Å². The predicted molar refractivity (Wildman–Crippen MR) is 77.2 cm³/mol. The monoisotopic (exact) mass is 242 g/mol. The summed E-state index contributed by atoms with van der Waals surface area (Å²) in [4.78, 5) is 0. The third kappa shape index (κ3) is 2.65. The molecule has 0 saturated carbocycles. The topological polar surface area (TPSA) is 17.0 Å². The fourth-order valence-electron chi connectivity index (χ4n) is 2.38. The highest BCUT2D eigenvalue weighted by Crippen LogP contribution is 2.20. The zero-order valence-electron chi connectivity index (χ0n) is 11.5. The van der Waals surface area contributed by atoms with Gasteiger partial charge in [-0.3, -0.25) is 0 Å². The molecule has 0 fully saturated rings. The number of aryl methyl sites for hydroxylation is 1. The van der Waals surface area contributed by atoms with Crippen LogP contribution in [0.3, 0.4) is 0 Å². The quantitative estimate of drug-likeness (QED) is 0.793. The molecule has 2 nitrogen and oxygen atoms in total. The normalized spacial score (nSPS) is 10.8. The molecule has 2 aromatic rings. The van der Waals surface area contributed by atoms with Crippen molar-refractivity contribution in [2.45, 2.75) is 33.7 Å². The first-order valence-electron chi connectivity index (χ1n) is 6.68. The van der Waals surface area contributed by atoms with Gasteiger partial charge in [-0.25, -0.2) is 0 Å². The second-order valence-corrected chi connectivity index (χ2v) is 4.74. The van der Waals surface area contributed by atoms with Crippen molar-refractivity contribution in [2.75, 3.05) is 6.54 Å². The number of aromatic nitrogens is 1.